The van der Waals surface area contributed by atoms with Crippen molar-refractivity contribution in [3.05, 3.63) is 29.9 Å². The summed E-state index contributed by atoms with van der Waals surface area (Å²) in [7, 11) is 1.78. The quantitative estimate of drug-likeness (QED) is 0.548. The molecule has 1 aromatic rings. The van der Waals surface area contributed by atoms with Crippen LogP contribution in [-0.2, 0) is 0 Å². The second-order valence-electron chi connectivity index (χ2n) is 1.68. The Labute approximate surface area is 53.4 Å². The molecule has 0 fully saturated rings. The van der Waals surface area contributed by atoms with Crippen LogP contribution in [0.1, 0.15) is 0 Å². The van der Waals surface area contributed by atoms with Crippen molar-refractivity contribution in [2.75, 3.05) is 12.5 Å². The van der Waals surface area contributed by atoms with Crippen molar-refractivity contribution in [1.29, 1.82) is 5.41 Å². The van der Waals surface area contributed by atoms with Crippen LogP contribution in [0.3, 0.4) is 0 Å². The van der Waals surface area contributed by atoms with Crippen molar-refractivity contribution in [2.24, 2.45) is 0 Å². The first kappa shape index (κ1) is 5.88. The monoisotopic (exact) mass is 123 g/mol. The molecule has 0 amide bonds. The van der Waals surface area contributed by atoms with E-state index < -0.39 is 0 Å². The van der Waals surface area contributed by atoms with Gasteiger partial charge >= 0.3 is 0 Å². The molecule has 0 unspecified atom stereocenters. The minimum Gasteiger partial charge on any atom is -0.328 e. The fraction of sp³-hybridized carbons (Fsp3) is 0.167. The van der Waals surface area contributed by atoms with Crippen LogP contribution in [-0.4, -0.2) is 11.7 Å². The maximum Gasteiger partial charge on any atom is 0.143 e. The summed E-state index contributed by atoms with van der Waals surface area (Å²) in [6, 6.07) is 5.42. The van der Waals surface area contributed by atoms with Crippen LogP contribution >= 0.6 is 0 Å². The molecule has 0 aliphatic heterocycles. The molecular formula is C6H9N3. The van der Waals surface area contributed by atoms with Gasteiger partial charge in [-0.25, -0.2) is 0 Å². The lowest BCUT2D eigenvalue weighted by Crippen LogP contribution is -2.24. The second-order valence-corrected chi connectivity index (χ2v) is 1.68. The van der Waals surface area contributed by atoms with E-state index in [0.717, 1.165) is 0 Å². The summed E-state index contributed by atoms with van der Waals surface area (Å²) in [5, 5.41) is 7.27. The first-order valence-corrected chi connectivity index (χ1v) is 2.74. The Bertz CT molecular complexity index is 238. The van der Waals surface area contributed by atoms with Crippen LogP contribution in [0.2, 0.25) is 0 Å². The molecule has 0 atom stereocenters. The standard InChI is InChI=1S/C6H9N3/c1-8-9-5-3-2-4-6(9)7/h2-5,7-8H,1H3. The molecule has 0 aliphatic rings. The predicted octanol–water partition coefficient (Wildman–Crippen LogP) is 0.141. The molecule has 0 saturated heterocycles. The largest absolute Gasteiger partial charge is 0.328 e. The molecule has 1 heterocycles. The lowest BCUT2D eigenvalue weighted by atomic mass is 10.5. The molecule has 0 aromatic carbocycles. The number of rotatable bonds is 1. The van der Waals surface area contributed by atoms with Gasteiger partial charge in [0.25, 0.3) is 0 Å². The lowest BCUT2D eigenvalue weighted by Gasteiger charge is -2.01. The summed E-state index contributed by atoms with van der Waals surface area (Å²) < 4.78 is 1.62. The van der Waals surface area contributed by atoms with Crippen LogP contribution in [0.25, 0.3) is 0 Å². The highest BCUT2D eigenvalue weighted by atomic mass is 15.4. The van der Waals surface area contributed by atoms with Gasteiger partial charge < -0.3 is 5.43 Å². The van der Waals surface area contributed by atoms with Crippen molar-refractivity contribution in [1.82, 2.24) is 4.68 Å². The normalized spacial score (nSPS) is 9.00. The number of hydrogen-bond acceptors (Lipinski definition) is 2. The number of aromatic nitrogens is 1. The van der Waals surface area contributed by atoms with Crippen LogP contribution in [0.15, 0.2) is 24.4 Å². The first-order valence-electron chi connectivity index (χ1n) is 2.74. The van der Waals surface area contributed by atoms with Gasteiger partial charge in [-0.1, -0.05) is 6.07 Å². The van der Waals surface area contributed by atoms with E-state index in [1.165, 1.54) is 0 Å². The molecule has 2 N–H and O–H groups in total. The maximum atomic E-state index is 7.27. The fourth-order valence-corrected chi connectivity index (χ4v) is 0.638. The van der Waals surface area contributed by atoms with Gasteiger partial charge in [-0.15, -0.1) is 0 Å². The van der Waals surface area contributed by atoms with Crippen LogP contribution in [0, 0.1) is 5.41 Å². The van der Waals surface area contributed by atoms with E-state index in [2.05, 4.69) is 5.43 Å². The van der Waals surface area contributed by atoms with E-state index in [1.807, 2.05) is 12.1 Å². The molecule has 1 rings (SSSR count). The van der Waals surface area contributed by atoms with Gasteiger partial charge in [-0.2, -0.15) is 0 Å². The number of hydrogen-bond donors (Lipinski definition) is 2. The number of pyridine rings is 1. The smallest absolute Gasteiger partial charge is 0.143 e. The highest BCUT2D eigenvalue weighted by molar-refractivity contribution is 4.92. The number of nitrogens with one attached hydrogen (secondary N) is 2. The van der Waals surface area contributed by atoms with Crippen LogP contribution in [0.5, 0.6) is 0 Å². The van der Waals surface area contributed by atoms with Crippen molar-refractivity contribution in [3.63, 3.8) is 0 Å². The Hall–Kier alpha value is -1.25. The van der Waals surface area contributed by atoms with Crippen molar-refractivity contribution < 1.29 is 0 Å². The average Bonchev–Trinajstić information content (AvgIpc) is 1.89. The van der Waals surface area contributed by atoms with Gasteiger partial charge in [-0.05, 0) is 12.1 Å². The Morgan fingerprint density at radius 3 is 2.78 bits per heavy atom. The maximum absolute atomic E-state index is 7.27. The van der Waals surface area contributed by atoms with Gasteiger partial charge in [0.1, 0.15) is 5.49 Å². The molecule has 3 nitrogen and oxygen atoms in total. The third-order valence-electron chi connectivity index (χ3n) is 1.10. The predicted molar refractivity (Wildman–Crippen MR) is 35.6 cm³/mol. The number of nitrogens with zero attached hydrogens (tertiary/aromatic N) is 1. The molecule has 0 spiro atoms. The Balaban J connectivity index is 3.16. The van der Waals surface area contributed by atoms with Crippen LogP contribution < -0.4 is 10.9 Å². The Kier molecular flexibility index (Phi) is 1.53. The van der Waals surface area contributed by atoms with E-state index in [9.17, 15) is 0 Å². The molecule has 1 aromatic heterocycles. The zero-order valence-electron chi connectivity index (χ0n) is 5.26. The summed E-state index contributed by atoms with van der Waals surface area (Å²) in [4.78, 5) is 0. The molecule has 0 saturated carbocycles. The van der Waals surface area contributed by atoms with E-state index in [0.29, 0.717) is 5.49 Å². The fourth-order valence-electron chi connectivity index (χ4n) is 0.638. The van der Waals surface area contributed by atoms with E-state index in [-0.39, 0.29) is 0 Å². The SMILES string of the molecule is CNn1ccccc1=N. The zero-order chi connectivity index (χ0) is 6.69. The third kappa shape index (κ3) is 1.10. The van der Waals surface area contributed by atoms with Crippen LogP contribution in [0.4, 0.5) is 0 Å². The highest BCUT2D eigenvalue weighted by Gasteiger charge is 1.80. The first-order chi connectivity index (χ1) is 4.34. The summed E-state index contributed by atoms with van der Waals surface area (Å²) in [5.41, 5.74) is 3.28. The molecule has 0 radical (unpaired) electrons. The topological polar surface area (TPSA) is 40.8 Å². The molecule has 3 heteroatoms. The molecular weight excluding hydrogens is 114 g/mol. The van der Waals surface area contributed by atoms with E-state index in [4.69, 9.17) is 5.41 Å². The van der Waals surface area contributed by atoms with Crippen molar-refractivity contribution >= 4 is 0 Å². The average molecular weight is 123 g/mol. The van der Waals surface area contributed by atoms with Crippen molar-refractivity contribution in [3.8, 4) is 0 Å². The highest BCUT2D eigenvalue weighted by Crippen LogP contribution is 1.73. The van der Waals surface area contributed by atoms with E-state index >= 15 is 0 Å². The summed E-state index contributed by atoms with van der Waals surface area (Å²) in [5.74, 6) is 0. The van der Waals surface area contributed by atoms with Gasteiger partial charge in [0.15, 0.2) is 0 Å². The minimum absolute atomic E-state index is 0.458. The molecule has 48 valence electrons. The van der Waals surface area contributed by atoms with Crippen molar-refractivity contribution in [2.45, 2.75) is 0 Å². The molecule has 0 bridgehead atoms. The lowest BCUT2D eigenvalue weighted by molar-refractivity contribution is 0.829. The third-order valence-corrected chi connectivity index (χ3v) is 1.10. The van der Waals surface area contributed by atoms with Gasteiger partial charge in [-0.3, -0.25) is 10.1 Å². The van der Waals surface area contributed by atoms with Gasteiger partial charge in [0.05, 0.1) is 0 Å². The van der Waals surface area contributed by atoms with Gasteiger partial charge in [0.2, 0.25) is 0 Å². The zero-order valence-corrected chi connectivity index (χ0v) is 5.26. The van der Waals surface area contributed by atoms with Gasteiger partial charge in [0, 0.05) is 13.2 Å². The summed E-state index contributed by atoms with van der Waals surface area (Å²) >= 11 is 0. The summed E-state index contributed by atoms with van der Waals surface area (Å²) in [6.07, 6.45) is 1.79. The second kappa shape index (κ2) is 2.35. The molecule has 9 heavy (non-hydrogen) atoms. The van der Waals surface area contributed by atoms with E-state index in [1.54, 1.807) is 24.0 Å². The minimum atomic E-state index is 0.458. The Morgan fingerprint density at radius 1 is 1.56 bits per heavy atom. The summed E-state index contributed by atoms with van der Waals surface area (Å²) in [6.45, 7) is 0. The molecule has 0 aliphatic carbocycles. The Morgan fingerprint density at radius 2 is 2.33 bits per heavy atom.